The van der Waals surface area contributed by atoms with E-state index < -0.39 is 20.9 Å². The number of nitrogens with zero attached hydrogens (tertiary/aromatic N) is 4. The number of thioether (sulfide) groups is 1. The average Bonchev–Trinajstić information content (AvgIpc) is 3.22. The van der Waals surface area contributed by atoms with Crippen LogP contribution in [0.2, 0.25) is 0 Å². The third-order valence-corrected chi connectivity index (χ3v) is 16.7. The Kier molecular flexibility index (Phi) is 12.9. The molecule has 328 valence electrons. The molecule has 1 amide bonds. The van der Waals surface area contributed by atoms with Crippen LogP contribution in [0.25, 0.3) is 0 Å². The lowest BCUT2D eigenvalue weighted by Gasteiger charge is -2.73. The zero-order chi connectivity index (χ0) is 42.8. The predicted octanol–water partition coefficient (Wildman–Crippen LogP) is 8.22. The van der Waals surface area contributed by atoms with Crippen LogP contribution in [-0.2, 0) is 14.8 Å². The SMILES string of the molecule is CCC12CC(C3=C(CN4CCN(c5ccc(C(=O)NS(=O)(=O)c6ccc(NC(CCN7CCOCC7)CSc7ccccc7)c([N+](=O)[O-])c6)cc5)CC4)CCC(C)(C)C3)(C1)C2. The molecule has 6 aliphatic rings. The molecule has 61 heavy (non-hydrogen) atoms. The number of nitro groups is 1. The number of benzene rings is 3. The summed E-state index contributed by atoms with van der Waals surface area (Å²) in [5.41, 5.74) is 6.06. The summed E-state index contributed by atoms with van der Waals surface area (Å²) in [5.74, 6) is -0.148. The number of ether oxygens (including phenoxy) is 1. The lowest BCUT2D eigenvalue weighted by atomic mass is 9.31. The number of hydrogen-bond acceptors (Lipinski definition) is 11. The molecule has 3 saturated carbocycles. The summed E-state index contributed by atoms with van der Waals surface area (Å²) in [6.07, 6.45) is 9.97. The Morgan fingerprint density at radius 3 is 2.31 bits per heavy atom. The van der Waals surface area contributed by atoms with Gasteiger partial charge in [-0.1, -0.05) is 56.5 Å². The molecule has 2 heterocycles. The van der Waals surface area contributed by atoms with Crippen LogP contribution in [0.1, 0.15) is 82.5 Å². The molecule has 3 aromatic carbocycles. The zero-order valence-corrected chi connectivity index (χ0v) is 37.6. The van der Waals surface area contributed by atoms with Gasteiger partial charge in [-0.05, 0) is 110 Å². The average molecular weight is 871 g/mol. The van der Waals surface area contributed by atoms with Crippen LogP contribution in [0.5, 0.6) is 0 Å². The number of rotatable bonds is 17. The van der Waals surface area contributed by atoms with Gasteiger partial charge in [0.15, 0.2) is 0 Å². The summed E-state index contributed by atoms with van der Waals surface area (Å²) in [6, 6.07) is 20.6. The van der Waals surface area contributed by atoms with Crippen LogP contribution in [0.4, 0.5) is 17.1 Å². The molecule has 4 aliphatic carbocycles. The standard InChI is InChI=1S/C47H62N6O6S2/c1-4-46-32-47(33-46,34-46)41-29-45(2,3)18-16-36(41)30-51-20-22-52(23-21-51)38-12-10-35(11-13-38)44(54)49-61(57,58)40-14-15-42(43(28-40)53(55)56)48-37(17-19-50-24-26-59-27-25-50)31-60-39-8-6-5-7-9-39/h5-15,28,37,48H,4,16-27,29-34H2,1-3H3,(H,49,54). The van der Waals surface area contributed by atoms with Crippen molar-refractivity contribution >= 4 is 44.8 Å². The Morgan fingerprint density at radius 2 is 1.64 bits per heavy atom. The first kappa shape index (κ1) is 43.7. The van der Waals surface area contributed by atoms with E-state index in [1.54, 1.807) is 35.0 Å². The molecular formula is C47H62N6O6S2. The molecule has 0 spiro atoms. The van der Waals surface area contributed by atoms with Gasteiger partial charge in [0.25, 0.3) is 21.6 Å². The number of hydrogen-bond donors (Lipinski definition) is 2. The molecule has 0 aromatic heterocycles. The molecule has 0 radical (unpaired) electrons. The van der Waals surface area contributed by atoms with E-state index in [9.17, 15) is 23.3 Å². The van der Waals surface area contributed by atoms with Gasteiger partial charge in [0, 0.05) is 86.4 Å². The molecule has 9 rings (SSSR count). The van der Waals surface area contributed by atoms with Gasteiger partial charge in [0.2, 0.25) is 0 Å². The van der Waals surface area contributed by atoms with E-state index in [1.165, 1.54) is 57.1 Å². The number of carbonyl (C=O) groups excluding carboxylic acids is 1. The van der Waals surface area contributed by atoms with E-state index in [4.69, 9.17) is 4.74 Å². The fourth-order valence-corrected chi connectivity index (χ4v) is 12.5. The van der Waals surface area contributed by atoms with Crippen LogP contribution in [0, 0.1) is 26.4 Å². The molecule has 2 aliphatic heterocycles. The van der Waals surface area contributed by atoms with E-state index in [0.717, 1.165) is 75.4 Å². The topological polar surface area (TPSA) is 137 Å². The maximum atomic E-state index is 13.5. The first-order chi connectivity index (χ1) is 29.2. The Hall–Kier alpha value is -3.95. The molecule has 2 N–H and O–H groups in total. The van der Waals surface area contributed by atoms with Crippen molar-refractivity contribution in [2.45, 2.75) is 88.0 Å². The normalized spacial score (nSPS) is 24.7. The number of anilines is 2. The maximum Gasteiger partial charge on any atom is 0.293 e. The van der Waals surface area contributed by atoms with Crippen LogP contribution in [0.3, 0.4) is 0 Å². The Bertz CT molecular complexity index is 2180. The first-order valence-electron chi connectivity index (χ1n) is 22.1. The van der Waals surface area contributed by atoms with Gasteiger partial charge in [0.1, 0.15) is 5.69 Å². The summed E-state index contributed by atoms with van der Waals surface area (Å²) in [7, 11) is -4.42. The van der Waals surface area contributed by atoms with Crippen molar-refractivity contribution in [2.75, 3.05) is 81.5 Å². The highest BCUT2D eigenvalue weighted by Gasteiger charge is 2.68. The van der Waals surface area contributed by atoms with Crippen LogP contribution >= 0.6 is 11.8 Å². The van der Waals surface area contributed by atoms with E-state index in [2.05, 4.69) is 45.5 Å². The quantitative estimate of drug-likeness (QED) is 0.0588. The van der Waals surface area contributed by atoms with Crippen molar-refractivity contribution in [1.29, 1.82) is 0 Å². The monoisotopic (exact) mass is 870 g/mol. The van der Waals surface area contributed by atoms with Gasteiger partial charge in [-0.3, -0.25) is 24.7 Å². The summed E-state index contributed by atoms with van der Waals surface area (Å²) >= 11 is 1.65. The smallest absolute Gasteiger partial charge is 0.293 e. The number of carbonyl (C=O) groups is 1. The number of nitro benzene ring substituents is 1. The van der Waals surface area contributed by atoms with E-state index >= 15 is 0 Å². The molecule has 14 heteroatoms. The van der Waals surface area contributed by atoms with Crippen molar-refractivity contribution < 1.29 is 22.9 Å². The van der Waals surface area contributed by atoms with Crippen molar-refractivity contribution in [3.8, 4) is 0 Å². The number of allylic oxidation sites excluding steroid dienone is 1. The van der Waals surface area contributed by atoms with Crippen LogP contribution < -0.4 is 14.9 Å². The third kappa shape index (κ3) is 9.99. The molecule has 2 saturated heterocycles. The van der Waals surface area contributed by atoms with Gasteiger partial charge < -0.3 is 15.0 Å². The molecular weight excluding hydrogens is 809 g/mol. The third-order valence-electron chi connectivity index (χ3n) is 14.2. The minimum Gasteiger partial charge on any atom is -0.379 e. The van der Waals surface area contributed by atoms with E-state index in [1.807, 2.05) is 42.5 Å². The highest BCUT2D eigenvalue weighted by atomic mass is 32.2. The number of amides is 1. The fraction of sp³-hybridized carbons (Fsp3) is 0.553. The van der Waals surface area contributed by atoms with Crippen molar-refractivity contribution in [3.63, 3.8) is 0 Å². The minimum atomic E-state index is -4.42. The van der Waals surface area contributed by atoms with Crippen LogP contribution in [-0.4, -0.2) is 106 Å². The first-order valence-corrected chi connectivity index (χ1v) is 24.6. The van der Waals surface area contributed by atoms with Gasteiger partial charge in [-0.2, -0.15) is 0 Å². The molecule has 1 atom stereocenters. The van der Waals surface area contributed by atoms with Crippen molar-refractivity contribution in [1.82, 2.24) is 14.5 Å². The highest BCUT2D eigenvalue weighted by Crippen LogP contribution is 2.79. The predicted molar refractivity (Wildman–Crippen MR) is 243 cm³/mol. The van der Waals surface area contributed by atoms with Crippen molar-refractivity contribution in [2.24, 2.45) is 16.2 Å². The second-order valence-corrected chi connectivity index (χ2v) is 21.8. The second kappa shape index (κ2) is 18.0. The lowest BCUT2D eigenvalue weighted by Crippen LogP contribution is -2.63. The molecule has 1 unspecified atom stereocenters. The molecule has 12 nitrogen and oxygen atoms in total. The number of piperazine rings is 1. The van der Waals surface area contributed by atoms with Crippen molar-refractivity contribution in [3.05, 3.63) is 99.6 Å². The number of sulfonamides is 1. The molecule has 3 aromatic rings. The number of nitrogens with one attached hydrogen (secondary N) is 2. The summed E-state index contributed by atoms with van der Waals surface area (Å²) in [4.78, 5) is 33.0. The largest absolute Gasteiger partial charge is 0.379 e. The second-order valence-electron chi connectivity index (χ2n) is 19.0. The molecule has 2 bridgehead atoms. The highest BCUT2D eigenvalue weighted by molar-refractivity contribution is 7.99. The summed E-state index contributed by atoms with van der Waals surface area (Å²) < 4.78 is 34.6. The fourth-order valence-electron chi connectivity index (χ4n) is 10.5. The van der Waals surface area contributed by atoms with Gasteiger partial charge in [0.05, 0.1) is 23.0 Å². The zero-order valence-electron chi connectivity index (χ0n) is 36.0. The van der Waals surface area contributed by atoms with Gasteiger partial charge >= 0.3 is 0 Å². The Labute approximate surface area is 366 Å². The van der Waals surface area contributed by atoms with E-state index in [0.29, 0.717) is 35.2 Å². The van der Waals surface area contributed by atoms with E-state index in [-0.39, 0.29) is 27.9 Å². The van der Waals surface area contributed by atoms with Gasteiger partial charge in [-0.15, -0.1) is 11.8 Å². The summed E-state index contributed by atoms with van der Waals surface area (Å²) in [6.45, 7) is 15.8. The maximum absolute atomic E-state index is 13.5. The number of morpholine rings is 1. The lowest BCUT2D eigenvalue weighted by molar-refractivity contribution is -0.384. The molecule has 5 fully saturated rings. The minimum absolute atomic E-state index is 0.142. The Balaban J connectivity index is 0.870. The van der Waals surface area contributed by atoms with Gasteiger partial charge in [-0.25, -0.2) is 13.1 Å². The van der Waals surface area contributed by atoms with Crippen LogP contribution in [0.15, 0.2) is 93.7 Å². The summed E-state index contributed by atoms with van der Waals surface area (Å²) in [5, 5.41) is 15.7. The Morgan fingerprint density at radius 1 is 0.934 bits per heavy atom.